The van der Waals surface area contributed by atoms with E-state index in [1.165, 1.54) is 23.1 Å². The molecular formula is C20H29NO2. The second-order valence-electron chi connectivity index (χ2n) is 7.37. The van der Waals surface area contributed by atoms with Gasteiger partial charge in [0.15, 0.2) is 0 Å². The molecule has 1 heterocycles. The molecule has 0 fully saturated rings. The number of allylic oxidation sites excluding steroid dienone is 1. The van der Waals surface area contributed by atoms with Gasteiger partial charge < -0.3 is 14.7 Å². The van der Waals surface area contributed by atoms with Gasteiger partial charge in [-0.1, -0.05) is 25.1 Å². The van der Waals surface area contributed by atoms with Gasteiger partial charge in [-0.25, -0.2) is 0 Å². The largest absolute Gasteiger partial charge is 0.496 e. The third kappa shape index (κ3) is 2.81. The highest BCUT2D eigenvalue weighted by atomic mass is 16.5. The predicted octanol–water partition coefficient (Wildman–Crippen LogP) is 3.42. The van der Waals surface area contributed by atoms with E-state index in [0.717, 1.165) is 31.7 Å². The molecular weight excluding hydrogens is 286 g/mol. The van der Waals surface area contributed by atoms with Crippen LogP contribution < -0.4 is 4.74 Å². The lowest BCUT2D eigenvalue weighted by atomic mass is 9.61. The minimum Gasteiger partial charge on any atom is -0.496 e. The first-order valence-electron chi connectivity index (χ1n) is 8.71. The van der Waals surface area contributed by atoms with E-state index in [1.54, 1.807) is 7.11 Å². The van der Waals surface area contributed by atoms with Gasteiger partial charge in [-0.2, -0.15) is 0 Å². The van der Waals surface area contributed by atoms with Gasteiger partial charge in [-0.3, -0.25) is 0 Å². The van der Waals surface area contributed by atoms with Crippen molar-refractivity contribution < 1.29 is 9.84 Å². The molecule has 0 saturated carbocycles. The highest BCUT2D eigenvalue weighted by Gasteiger charge is 2.42. The summed E-state index contributed by atoms with van der Waals surface area (Å²) in [6, 6.07) is 4.33. The third-order valence-electron chi connectivity index (χ3n) is 5.85. The van der Waals surface area contributed by atoms with Crippen molar-refractivity contribution in [2.24, 2.45) is 5.92 Å². The van der Waals surface area contributed by atoms with Crippen LogP contribution in [0.5, 0.6) is 5.75 Å². The number of nitrogens with zero attached hydrogens (tertiary/aromatic N) is 1. The van der Waals surface area contributed by atoms with Crippen molar-refractivity contribution in [2.45, 2.75) is 51.2 Å². The Bertz CT molecular complexity index is 610. The van der Waals surface area contributed by atoms with E-state index >= 15 is 0 Å². The summed E-state index contributed by atoms with van der Waals surface area (Å²) in [5, 5.41) is 10.1. The molecule has 0 amide bonds. The first kappa shape index (κ1) is 16.5. The van der Waals surface area contributed by atoms with Crippen LogP contribution in [-0.2, 0) is 12.0 Å². The number of aliphatic hydroxyl groups excluding tert-OH is 1. The van der Waals surface area contributed by atoms with Crippen molar-refractivity contribution in [2.75, 3.05) is 20.7 Å². The SMILES string of the molecule is COc1ccc2c(c1C)[C@@]1(C=CC(O)C[C@@H]1C)CCCN(C)C2. The van der Waals surface area contributed by atoms with Crippen molar-refractivity contribution >= 4 is 0 Å². The number of benzene rings is 1. The zero-order chi connectivity index (χ0) is 16.6. The van der Waals surface area contributed by atoms with Crippen LogP contribution in [0.15, 0.2) is 24.3 Å². The number of aliphatic hydroxyl groups is 1. The van der Waals surface area contributed by atoms with E-state index in [9.17, 15) is 5.11 Å². The summed E-state index contributed by atoms with van der Waals surface area (Å²) in [7, 11) is 3.95. The van der Waals surface area contributed by atoms with Gasteiger partial charge >= 0.3 is 0 Å². The van der Waals surface area contributed by atoms with Crippen LogP contribution in [0.25, 0.3) is 0 Å². The lowest BCUT2D eigenvalue weighted by Crippen LogP contribution is -2.41. The Hall–Kier alpha value is -1.32. The Morgan fingerprint density at radius 1 is 1.35 bits per heavy atom. The number of ether oxygens (including phenoxy) is 1. The van der Waals surface area contributed by atoms with Crippen molar-refractivity contribution in [3.05, 3.63) is 41.0 Å². The summed E-state index contributed by atoms with van der Waals surface area (Å²) in [6.07, 6.45) is 7.14. The molecule has 1 spiro atoms. The molecule has 0 saturated heterocycles. The fourth-order valence-corrected chi connectivity index (χ4v) is 4.64. The predicted molar refractivity (Wildman–Crippen MR) is 93.9 cm³/mol. The molecule has 3 atom stereocenters. The summed E-state index contributed by atoms with van der Waals surface area (Å²) in [4.78, 5) is 2.41. The monoisotopic (exact) mass is 315 g/mol. The Morgan fingerprint density at radius 3 is 2.83 bits per heavy atom. The Labute approximate surface area is 140 Å². The first-order chi connectivity index (χ1) is 11.0. The molecule has 1 aliphatic carbocycles. The number of methoxy groups -OCH3 is 1. The summed E-state index contributed by atoms with van der Waals surface area (Å²) in [5.41, 5.74) is 4.11. The van der Waals surface area contributed by atoms with Crippen molar-refractivity contribution in [1.29, 1.82) is 0 Å². The fourth-order valence-electron chi connectivity index (χ4n) is 4.64. The summed E-state index contributed by atoms with van der Waals surface area (Å²) < 4.78 is 5.61. The van der Waals surface area contributed by atoms with E-state index in [1.807, 2.05) is 6.08 Å². The highest BCUT2D eigenvalue weighted by molar-refractivity contribution is 5.51. The molecule has 1 aromatic carbocycles. The fraction of sp³-hybridized carbons (Fsp3) is 0.600. The second kappa shape index (κ2) is 6.29. The Kier molecular flexibility index (Phi) is 4.52. The van der Waals surface area contributed by atoms with Gasteiger partial charge in [0.2, 0.25) is 0 Å². The summed E-state index contributed by atoms with van der Waals surface area (Å²) in [5.74, 6) is 1.40. The molecule has 3 rings (SSSR count). The number of hydrogen-bond acceptors (Lipinski definition) is 3. The molecule has 1 unspecified atom stereocenters. The van der Waals surface area contributed by atoms with Crippen LogP contribution >= 0.6 is 0 Å². The van der Waals surface area contributed by atoms with Gasteiger partial charge in [-0.05, 0) is 68.5 Å². The number of rotatable bonds is 1. The molecule has 0 radical (unpaired) electrons. The molecule has 1 N–H and O–H groups in total. The first-order valence-corrected chi connectivity index (χ1v) is 8.71. The van der Waals surface area contributed by atoms with Crippen LogP contribution in [0.1, 0.15) is 42.9 Å². The molecule has 3 heteroatoms. The third-order valence-corrected chi connectivity index (χ3v) is 5.85. The van der Waals surface area contributed by atoms with Gasteiger partial charge in [0.05, 0.1) is 13.2 Å². The second-order valence-corrected chi connectivity index (χ2v) is 7.37. The average Bonchev–Trinajstić information content (AvgIpc) is 2.49. The normalized spacial score (nSPS) is 31.5. The van der Waals surface area contributed by atoms with E-state index in [0.29, 0.717) is 5.92 Å². The van der Waals surface area contributed by atoms with Gasteiger partial charge in [0.1, 0.15) is 5.75 Å². The zero-order valence-corrected chi connectivity index (χ0v) is 14.8. The number of hydrogen-bond donors (Lipinski definition) is 1. The van der Waals surface area contributed by atoms with Gasteiger partial charge in [0.25, 0.3) is 0 Å². The standard InChI is InChI=1S/C20H29NO2/c1-14-12-17(22)8-10-20(14)9-5-11-21(3)13-16-6-7-18(23-4)15(2)19(16)20/h6-8,10,14,17,22H,5,9,11-13H2,1-4H3/t14-,17?,20+/m0/s1. The van der Waals surface area contributed by atoms with Crippen molar-refractivity contribution in [1.82, 2.24) is 4.90 Å². The van der Waals surface area contributed by atoms with Crippen LogP contribution in [0.3, 0.4) is 0 Å². The molecule has 23 heavy (non-hydrogen) atoms. The smallest absolute Gasteiger partial charge is 0.122 e. The molecule has 1 aliphatic heterocycles. The Morgan fingerprint density at radius 2 is 2.13 bits per heavy atom. The molecule has 0 aromatic heterocycles. The maximum atomic E-state index is 10.1. The maximum absolute atomic E-state index is 10.1. The molecule has 1 aromatic rings. The zero-order valence-electron chi connectivity index (χ0n) is 14.8. The molecule has 3 nitrogen and oxygen atoms in total. The maximum Gasteiger partial charge on any atom is 0.122 e. The highest BCUT2D eigenvalue weighted by Crippen LogP contribution is 2.48. The minimum absolute atomic E-state index is 0.0223. The van der Waals surface area contributed by atoms with E-state index in [2.05, 4.69) is 44.0 Å². The Balaban J connectivity index is 2.23. The van der Waals surface area contributed by atoms with Crippen LogP contribution in [0.2, 0.25) is 0 Å². The minimum atomic E-state index is -0.307. The van der Waals surface area contributed by atoms with Crippen LogP contribution in [-0.4, -0.2) is 36.8 Å². The summed E-state index contributed by atoms with van der Waals surface area (Å²) in [6.45, 7) is 6.58. The van der Waals surface area contributed by atoms with E-state index in [4.69, 9.17) is 4.74 Å². The lowest BCUT2D eigenvalue weighted by Gasteiger charge is -2.45. The van der Waals surface area contributed by atoms with Gasteiger partial charge in [0, 0.05) is 12.0 Å². The van der Waals surface area contributed by atoms with Crippen molar-refractivity contribution in [3.63, 3.8) is 0 Å². The average molecular weight is 315 g/mol. The molecule has 2 aliphatic rings. The topological polar surface area (TPSA) is 32.7 Å². The van der Waals surface area contributed by atoms with Crippen LogP contribution in [0.4, 0.5) is 0 Å². The molecule has 0 bridgehead atoms. The van der Waals surface area contributed by atoms with Crippen LogP contribution in [0, 0.1) is 12.8 Å². The quantitative estimate of drug-likeness (QED) is 0.806. The lowest BCUT2D eigenvalue weighted by molar-refractivity contribution is 0.142. The summed E-state index contributed by atoms with van der Waals surface area (Å²) >= 11 is 0. The van der Waals surface area contributed by atoms with Crippen molar-refractivity contribution in [3.8, 4) is 5.75 Å². The van der Waals surface area contributed by atoms with E-state index in [-0.39, 0.29) is 11.5 Å². The molecule has 126 valence electrons. The number of fused-ring (bicyclic) bond motifs is 2. The van der Waals surface area contributed by atoms with Gasteiger partial charge in [-0.15, -0.1) is 0 Å². The van der Waals surface area contributed by atoms with E-state index < -0.39 is 0 Å².